The van der Waals surface area contributed by atoms with Crippen molar-refractivity contribution in [2.45, 2.75) is 6.42 Å². The second-order valence-corrected chi connectivity index (χ2v) is 3.83. The van der Waals surface area contributed by atoms with Crippen LogP contribution in [0.15, 0.2) is 20.8 Å². The highest BCUT2D eigenvalue weighted by atomic mass is 79.9. The summed E-state index contributed by atoms with van der Waals surface area (Å²) in [4.78, 5) is 3.02. The summed E-state index contributed by atoms with van der Waals surface area (Å²) in [7, 11) is 0. The average Bonchev–Trinajstić information content (AvgIpc) is 1.99. The molecule has 0 radical (unpaired) electrons. The zero-order valence-electron chi connectivity index (χ0n) is 5.38. The molecular weight excluding hydrogens is 276 g/mol. The number of nitrogens with zero attached hydrogens (tertiary/aromatic N) is 2. The predicted octanol–water partition coefficient (Wildman–Crippen LogP) is 2.50. The van der Waals surface area contributed by atoms with Crippen molar-refractivity contribution < 1.29 is 9.90 Å². The number of rotatable bonds is 0. The van der Waals surface area contributed by atoms with Gasteiger partial charge >= 0.3 is 0 Å². The molecule has 0 aromatic heterocycles. The van der Waals surface area contributed by atoms with Crippen molar-refractivity contribution in [2.75, 3.05) is 0 Å². The van der Waals surface area contributed by atoms with E-state index >= 15 is 0 Å². The van der Waals surface area contributed by atoms with Crippen LogP contribution in [0.1, 0.15) is 6.42 Å². The third-order valence-corrected chi connectivity index (χ3v) is 2.50. The molecule has 1 aliphatic rings. The van der Waals surface area contributed by atoms with E-state index in [1.165, 1.54) is 0 Å². The molecule has 0 spiro atoms. The molecule has 0 saturated heterocycles. The summed E-state index contributed by atoms with van der Waals surface area (Å²) in [5.74, 6) is 0.150. The molecule has 1 aliphatic carbocycles. The van der Waals surface area contributed by atoms with E-state index in [4.69, 9.17) is 5.53 Å². The molecule has 0 unspecified atom stereocenters. The van der Waals surface area contributed by atoms with E-state index in [0.717, 1.165) is 0 Å². The highest BCUT2D eigenvalue weighted by molar-refractivity contribution is 9.12. The minimum Gasteiger partial charge on any atom is -0.506 e. The van der Waals surface area contributed by atoms with Crippen molar-refractivity contribution >= 4 is 37.6 Å². The van der Waals surface area contributed by atoms with Crippen LogP contribution in [0, 0.1) is 0 Å². The van der Waals surface area contributed by atoms with E-state index < -0.39 is 0 Å². The predicted molar refractivity (Wildman–Crippen MR) is 48.8 cm³/mol. The van der Waals surface area contributed by atoms with Crippen LogP contribution in [-0.4, -0.2) is 15.6 Å². The first kappa shape index (κ1) is 8.71. The first-order valence-electron chi connectivity index (χ1n) is 2.81. The molecule has 5 heteroatoms. The number of aliphatic hydroxyl groups excluding tert-OH is 1. The lowest BCUT2D eigenvalue weighted by molar-refractivity contribution is -0.00559. The number of halogens is 2. The van der Waals surface area contributed by atoms with Gasteiger partial charge in [0.1, 0.15) is 5.76 Å². The highest BCUT2D eigenvalue weighted by Crippen LogP contribution is 2.28. The van der Waals surface area contributed by atoms with Gasteiger partial charge in [0.25, 0.3) is 5.71 Å². The van der Waals surface area contributed by atoms with E-state index in [9.17, 15) is 5.11 Å². The molecule has 0 heterocycles. The zero-order chi connectivity index (χ0) is 8.43. The van der Waals surface area contributed by atoms with Crippen LogP contribution in [-0.2, 0) is 0 Å². The van der Waals surface area contributed by atoms with Gasteiger partial charge in [0.05, 0.1) is 10.9 Å². The summed E-state index contributed by atoms with van der Waals surface area (Å²) in [6.45, 7) is 0. The third-order valence-electron chi connectivity index (χ3n) is 1.24. The fourth-order valence-corrected chi connectivity index (χ4v) is 1.97. The van der Waals surface area contributed by atoms with Gasteiger partial charge < -0.3 is 10.6 Å². The summed E-state index contributed by atoms with van der Waals surface area (Å²) >= 11 is 6.25. The van der Waals surface area contributed by atoms with Gasteiger partial charge in [-0.2, -0.15) is 4.79 Å². The van der Waals surface area contributed by atoms with Gasteiger partial charge in [-0.15, -0.1) is 0 Å². The van der Waals surface area contributed by atoms with Crippen molar-refractivity contribution in [2.24, 2.45) is 0 Å². The average molecular weight is 280 g/mol. The Morgan fingerprint density at radius 1 is 1.55 bits per heavy atom. The highest BCUT2D eigenvalue weighted by Gasteiger charge is 2.19. The first-order valence-corrected chi connectivity index (χ1v) is 4.40. The fraction of sp³-hybridized carbons (Fsp3) is 0.167. The van der Waals surface area contributed by atoms with Gasteiger partial charge in [-0.25, -0.2) is 0 Å². The van der Waals surface area contributed by atoms with E-state index in [1.807, 2.05) is 0 Å². The minimum absolute atomic E-state index is 0.150. The second-order valence-electron chi connectivity index (χ2n) is 2.01. The van der Waals surface area contributed by atoms with Crippen molar-refractivity contribution in [3.63, 3.8) is 0 Å². The van der Waals surface area contributed by atoms with Crippen LogP contribution in [0.5, 0.6) is 0 Å². The van der Waals surface area contributed by atoms with Gasteiger partial charge in [0, 0.05) is 10.6 Å². The lowest BCUT2D eigenvalue weighted by Crippen LogP contribution is -2.04. The summed E-state index contributed by atoms with van der Waals surface area (Å²) in [5.41, 5.74) is 8.91. The fourth-order valence-electron chi connectivity index (χ4n) is 0.702. The Hall–Kier alpha value is -0.380. The quantitative estimate of drug-likeness (QED) is 0.538. The Labute approximate surface area is 80.3 Å². The van der Waals surface area contributed by atoms with Crippen molar-refractivity contribution in [3.05, 3.63) is 26.3 Å². The van der Waals surface area contributed by atoms with Crippen LogP contribution in [0.25, 0.3) is 5.53 Å². The van der Waals surface area contributed by atoms with Crippen LogP contribution in [0.2, 0.25) is 0 Å². The first-order chi connectivity index (χ1) is 5.15. The van der Waals surface area contributed by atoms with Gasteiger partial charge in [-0.05, 0) is 15.9 Å². The minimum atomic E-state index is 0.150. The molecular formula is C6H4Br2N2O. The molecule has 0 saturated carbocycles. The van der Waals surface area contributed by atoms with Gasteiger partial charge in [-0.1, -0.05) is 15.9 Å². The molecule has 1 rings (SSSR count). The zero-order valence-corrected chi connectivity index (χ0v) is 8.55. The molecule has 11 heavy (non-hydrogen) atoms. The number of hydrogen-bond acceptors (Lipinski definition) is 1. The lowest BCUT2D eigenvalue weighted by atomic mass is 10.1. The maximum Gasteiger partial charge on any atom is 0.298 e. The van der Waals surface area contributed by atoms with Gasteiger partial charge in [0.2, 0.25) is 0 Å². The topological polar surface area (TPSA) is 56.6 Å². The molecule has 0 atom stereocenters. The van der Waals surface area contributed by atoms with Crippen molar-refractivity contribution in [1.29, 1.82) is 0 Å². The maximum atomic E-state index is 9.24. The SMILES string of the molecule is [N-]=[N+]=C1C=C(Br)C(O)=C(Br)C1. The molecule has 1 N–H and O–H groups in total. The van der Waals surface area contributed by atoms with E-state index in [0.29, 0.717) is 21.1 Å². The molecule has 0 bridgehead atoms. The smallest absolute Gasteiger partial charge is 0.298 e. The Morgan fingerprint density at radius 2 is 2.18 bits per heavy atom. The van der Waals surface area contributed by atoms with Crippen molar-refractivity contribution in [1.82, 2.24) is 0 Å². The number of aliphatic hydroxyl groups is 1. The molecule has 58 valence electrons. The number of hydrogen-bond donors (Lipinski definition) is 1. The third kappa shape index (κ3) is 1.80. The van der Waals surface area contributed by atoms with Gasteiger partial charge in [0.15, 0.2) is 0 Å². The molecule has 0 amide bonds. The lowest BCUT2D eigenvalue weighted by Gasteiger charge is -2.05. The Balaban J connectivity index is 3.10. The van der Waals surface area contributed by atoms with Crippen LogP contribution in [0.3, 0.4) is 0 Å². The Bertz CT molecular complexity index is 300. The summed E-state index contributed by atoms with van der Waals surface area (Å²) in [5, 5.41) is 9.24. The van der Waals surface area contributed by atoms with E-state index in [-0.39, 0.29) is 5.76 Å². The summed E-state index contributed by atoms with van der Waals surface area (Å²) in [6, 6.07) is 0. The second kappa shape index (κ2) is 3.34. The standard InChI is InChI=1S/C6H4Br2N2O/c7-4-1-3(10-9)2-5(8)6(4)11/h1,11H,2H2. The normalized spacial score (nSPS) is 18.0. The maximum absolute atomic E-state index is 9.24. The largest absolute Gasteiger partial charge is 0.506 e. The van der Waals surface area contributed by atoms with Crippen LogP contribution < -0.4 is 0 Å². The summed E-state index contributed by atoms with van der Waals surface area (Å²) in [6.07, 6.45) is 1.97. The Kier molecular flexibility index (Phi) is 2.65. The monoisotopic (exact) mass is 278 g/mol. The van der Waals surface area contributed by atoms with Gasteiger partial charge in [-0.3, -0.25) is 0 Å². The molecule has 0 fully saturated rings. The molecule has 0 aromatic carbocycles. The molecule has 0 aliphatic heterocycles. The molecule has 0 aromatic rings. The van der Waals surface area contributed by atoms with Crippen molar-refractivity contribution in [3.8, 4) is 0 Å². The van der Waals surface area contributed by atoms with E-state index in [1.54, 1.807) is 6.08 Å². The molecule has 3 nitrogen and oxygen atoms in total. The van der Waals surface area contributed by atoms with Crippen LogP contribution >= 0.6 is 31.9 Å². The Morgan fingerprint density at radius 3 is 2.64 bits per heavy atom. The van der Waals surface area contributed by atoms with Crippen LogP contribution in [0.4, 0.5) is 0 Å². The summed E-state index contributed by atoms with van der Waals surface area (Å²) < 4.78 is 1.13. The number of allylic oxidation sites excluding steroid dienone is 3. The van der Waals surface area contributed by atoms with E-state index in [2.05, 4.69) is 36.6 Å².